The van der Waals surface area contributed by atoms with Gasteiger partial charge < -0.3 is 4.90 Å². The first-order valence-corrected chi connectivity index (χ1v) is 5.99. The lowest BCUT2D eigenvalue weighted by molar-refractivity contribution is 0.197. The molecule has 0 aromatic carbocycles. The van der Waals surface area contributed by atoms with Crippen LogP contribution >= 0.6 is 8.09 Å². The van der Waals surface area contributed by atoms with Crippen molar-refractivity contribution in [3.63, 3.8) is 0 Å². The van der Waals surface area contributed by atoms with E-state index < -0.39 is 8.09 Å². The van der Waals surface area contributed by atoms with E-state index >= 15 is 0 Å². The van der Waals surface area contributed by atoms with Crippen LogP contribution < -0.4 is 5.09 Å². The molecule has 0 aromatic heterocycles. The molecule has 1 saturated heterocycles. The van der Waals surface area contributed by atoms with E-state index in [1.54, 1.807) is 4.90 Å². The van der Waals surface area contributed by atoms with Gasteiger partial charge in [0.05, 0.1) is 14.2 Å². The van der Waals surface area contributed by atoms with Crippen LogP contribution in [0.4, 0.5) is 4.79 Å². The van der Waals surface area contributed by atoms with Crippen LogP contribution in [0, 0.1) is 0 Å². The van der Waals surface area contributed by atoms with E-state index in [2.05, 4.69) is 5.09 Å². The van der Waals surface area contributed by atoms with Gasteiger partial charge in [0.2, 0.25) is 0 Å². The van der Waals surface area contributed by atoms with E-state index in [0.29, 0.717) is 0 Å². The molecule has 1 fully saturated rings. The zero-order chi connectivity index (χ0) is 10.6. The van der Waals surface area contributed by atoms with Gasteiger partial charge in [-0.1, -0.05) is 0 Å². The van der Waals surface area contributed by atoms with E-state index in [-0.39, 0.29) is 6.03 Å². The Labute approximate surface area is 83.8 Å². The van der Waals surface area contributed by atoms with E-state index in [1.165, 1.54) is 14.2 Å². The fourth-order valence-electron chi connectivity index (χ4n) is 1.28. The van der Waals surface area contributed by atoms with Gasteiger partial charge in [-0.3, -0.25) is 0 Å². The van der Waals surface area contributed by atoms with Crippen molar-refractivity contribution in [1.82, 2.24) is 9.99 Å². The Morgan fingerprint density at radius 1 is 1.36 bits per heavy atom. The molecule has 0 unspecified atom stereocenters. The van der Waals surface area contributed by atoms with Crippen molar-refractivity contribution in [2.24, 2.45) is 0 Å². The molecular weight excluding hydrogens is 207 g/mol. The number of likely N-dealkylation sites (tertiary alicyclic amines) is 1. The Kier molecular flexibility index (Phi) is 4.07. The van der Waals surface area contributed by atoms with Crippen molar-refractivity contribution in [2.45, 2.75) is 12.8 Å². The van der Waals surface area contributed by atoms with Crippen LogP contribution in [-0.2, 0) is 9.05 Å². The molecule has 0 aromatic rings. The molecule has 2 N–H and O–H groups in total. The first-order valence-electron chi connectivity index (χ1n) is 4.42. The number of nitrogens with zero attached hydrogens (tertiary/aromatic N) is 1. The summed E-state index contributed by atoms with van der Waals surface area (Å²) < 4.78 is 9.41. The van der Waals surface area contributed by atoms with Crippen LogP contribution in [0.1, 0.15) is 12.8 Å². The molecule has 6 nitrogen and oxygen atoms in total. The highest BCUT2D eigenvalue weighted by Crippen LogP contribution is 2.50. The van der Waals surface area contributed by atoms with Crippen molar-refractivity contribution < 1.29 is 18.7 Å². The number of urea groups is 1. The summed E-state index contributed by atoms with van der Waals surface area (Å²) in [5.41, 5.74) is 0. The predicted octanol–water partition coefficient (Wildman–Crippen LogP) is 0.754. The monoisotopic (exact) mass is 223 g/mol. The van der Waals surface area contributed by atoms with E-state index in [4.69, 9.17) is 9.05 Å². The summed E-state index contributed by atoms with van der Waals surface area (Å²) in [4.78, 5) is 22.7. The third kappa shape index (κ3) is 2.78. The van der Waals surface area contributed by atoms with Gasteiger partial charge in [-0.25, -0.2) is 4.79 Å². The van der Waals surface area contributed by atoms with Crippen molar-refractivity contribution in [1.29, 1.82) is 0 Å². The number of amides is 2. The van der Waals surface area contributed by atoms with Crippen molar-refractivity contribution in [3.05, 3.63) is 0 Å². The second kappa shape index (κ2) is 4.89. The summed E-state index contributed by atoms with van der Waals surface area (Å²) in [5, 5.41) is 2.34. The maximum absolute atomic E-state index is 11.5. The molecule has 7 heteroatoms. The van der Waals surface area contributed by atoms with Crippen LogP contribution in [0.15, 0.2) is 0 Å². The highest BCUT2D eigenvalue weighted by atomic mass is 31.2. The molecule has 1 heterocycles. The van der Waals surface area contributed by atoms with Gasteiger partial charge in [0, 0.05) is 13.1 Å². The third-order valence-corrected chi connectivity index (χ3v) is 3.59. The second-order valence-electron chi connectivity index (χ2n) is 3.00. The Morgan fingerprint density at radius 3 is 2.29 bits per heavy atom. The predicted molar refractivity (Wildman–Crippen MR) is 52.5 cm³/mol. The molecule has 1 aliphatic heterocycles. The summed E-state index contributed by atoms with van der Waals surface area (Å²) in [7, 11) is -0.595. The van der Waals surface area contributed by atoms with Gasteiger partial charge in [-0.2, -0.15) is 13.9 Å². The highest BCUT2D eigenvalue weighted by molar-refractivity contribution is 7.59. The van der Waals surface area contributed by atoms with Gasteiger partial charge in [-0.15, -0.1) is 5.09 Å². The van der Waals surface area contributed by atoms with Gasteiger partial charge in [-0.05, 0) is 12.8 Å². The van der Waals surface area contributed by atoms with Crippen molar-refractivity contribution in [2.75, 3.05) is 27.3 Å². The fourth-order valence-corrected chi connectivity index (χ4v) is 1.99. The number of carbonyl (C=O) groups excluding carboxylic acids is 1. The van der Waals surface area contributed by atoms with Gasteiger partial charge in [0.1, 0.15) is 0 Å². The largest absolute Gasteiger partial charge is 0.529 e. The van der Waals surface area contributed by atoms with Crippen molar-refractivity contribution >= 4 is 14.1 Å². The maximum atomic E-state index is 11.5. The van der Waals surface area contributed by atoms with Crippen molar-refractivity contribution in [3.8, 4) is 0 Å². The lowest BCUT2D eigenvalue weighted by Gasteiger charge is -2.18. The lowest BCUT2D eigenvalue weighted by Crippen LogP contribution is -2.38. The molecule has 0 saturated carbocycles. The van der Waals surface area contributed by atoms with Crippen LogP contribution in [0.2, 0.25) is 0 Å². The van der Waals surface area contributed by atoms with Gasteiger partial charge in [0.15, 0.2) is 0 Å². The van der Waals surface area contributed by atoms with Gasteiger partial charge >= 0.3 is 14.1 Å². The Hall–Kier alpha value is -0.420. The number of carbonyl (C=O) groups is 1. The lowest BCUT2D eigenvalue weighted by atomic mass is 10.4. The zero-order valence-electron chi connectivity index (χ0n) is 8.39. The third-order valence-electron chi connectivity index (χ3n) is 2.13. The molecule has 1 aliphatic rings. The van der Waals surface area contributed by atoms with E-state index in [0.717, 1.165) is 25.9 Å². The molecule has 82 valence electrons. The number of nitrogens with one attached hydrogen (secondary N) is 1. The maximum Gasteiger partial charge on any atom is 0.529 e. The fraction of sp³-hybridized carbons (Fsp3) is 0.857. The standard InChI is InChI=1S/C7H15N2O4P/c1-12-14(11,13-2)8-7(10)9-5-3-4-6-9/h11H,3-6H2,1-2H3/p+1. The van der Waals surface area contributed by atoms with E-state index in [1.807, 2.05) is 0 Å². The Balaban J connectivity index is 2.45. The molecule has 0 aliphatic carbocycles. The molecule has 0 radical (unpaired) electrons. The summed E-state index contributed by atoms with van der Waals surface area (Å²) >= 11 is 0. The average molecular weight is 223 g/mol. The average Bonchev–Trinajstić information content (AvgIpc) is 2.70. The molecule has 0 atom stereocenters. The number of rotatable bonds is 3. The highest BCUT2D eigenvalue weighted by Gasteiger charge is 2.42. The summed E-state index contributed by atoms with van der Waals surface area (Å²) in [6.07, 6.45) is 2.01. The summed E-state index contributed by atoms with van der Waals surface area (Å²) in [6.45, 7) is 1.44. The quantitative estimate of drug-likeness (QED) is 0.693. The molecular formula is C7H16N2O4P+. The normalized spacial score (nSPS) is 17.2. The van der Waals surface area contributed by atoms with Crippen LogP contribution in [-0.4, -0.2) is 43.1 Å². The minimum absolute atomic E-state index is 0.331. The second-order valence-corrected chi connectivity index (χ2v) is 4.99. The summed E-state index contributed by atoms with van der Waals surface area (Å²) in [5.74, 6) is 0. The first kappa shape index (κ1) is 11.7. The Bertz CT molecular complexity index is 204. The Morgan fingerprint density at radius 2 is 1.86 bits per heavy atom. The number of hydrogen-bond donors (Lipinski definition) is 2. The molecule has 0 spiro atoms. The van der Waals surface area contributed by atoms with Crippen LogP contribution in [0.5, 0.6) is 0 Å². The molecule has 14 heavy (non-hydrogen) atoms. The SMILES string of the molecule is CO[P+](O)(NC(=O)N1CCCC1)OC. The van der Waals surface area contributed by atoms with Crippen LogP contribution in [0.25, 0.3) is 0 Å². The summed E-state index contributed by atoms with van der Waals surface area (Å²) in [6, 6.07) is -0.331. The van der Waals surface area contributed by atoms with E-state index in [9.17, 15) is 9.69 Å². The minimum Gasteiger partial charge on any atom is -0.322 e. The smallest absolute Gasteiger partial charge is 0.322 e. The van der Waals surface area contributed by atoms with Crippen LogP contribution in [0.3, 0.4) is 0 Å². The minimum atomic E-state index is -3.18. The van der Waals surface area contributed by atoms with Gasteiger partial charge in [0.25, 0.3) is 0 Å². The topological polar surface area (TPSA) is 71.0 Å². The first-order chi connectivity index (χ1) is 6.61. The molecule has 1 rings (SSSR count). The number of hydrogen-bond acceptors (Lipinski definition) is 4. The molecule has 0 bridgehead atoms. The zero-order valence-corrected chi connectivity index (χ0v) is 9.29. The molecule has 2 amide bonds.